The molecule has 0 aromatic heterocycles. The van der Waals surface area contributed by atoms with Crippen LogP contribution in [0, 0.1) is 5.92 Å². The van der Waals surface area contributed by atoms with Crippen LogP contribution in [-0.4, -0.2) is 0 Å². The summed E-state index contributed by atoms with van der Waals surface area (Å²) >= 11 is -5.50. The van der Waals surface area contributed by atoms with Crippen molar-refractivity contribution in [3.05, 3.63) is 64.8 Å². The van der Waals surface area contributed by atoms with Crippen LogP contribution in [0.15, 0.2) is 42.5 Å². The van der Waals surface area contributed by atoms with Gasteiger partial charge in [-0.1, -0.05) is 0 Å². The second-order valence-electron chi connectivity index (χ2n) is 21.7. The van der Waals surface area contributed by atoms with E-state index < -0.39 is 12.8 Å². The summed E-state index contributed by atoms with van der Waals surface area (Å²) in [6, 6.07) is 5.18. The van der Waals surface area contributed by atoms with Crippen molar-refractivity contribution in [1.29, 1.82) is 0 Å². The van der Waals surface area contributed by atoms with Crippen molar-refractivity contribution in [2.75, 3.05) is 0 Å². The first-order valence-electron chi connectivity index (χ1n) is 12.1. The fourth-order valence-electron chi connectivity index (χ4n) is 7.91. The van der Waals surface area contributed by atoms with Gasteiger partial charge in [-0.25, -0.2) is 0 Å². The number of allylic oxidation sites excluding steroid dienone is 5. The molecule has 0 fully saturated rings. The van der Waals surface area contributed by atoms with E-state index in [2.05, 4.69) is 94.9 Å². The van der Waals surface area contributed by atoms with E-state index in [1.807, 2.05) is 0 Å². The van der Waals surface area contributed by atoms with Crippen LogP contribution < -0.4 is 0 Å². The van der Waals surface area contributed by atoms with Gasteiger partial charge < -0.3 is 0 Å². The van der Waals surface area contributed by atoms with Crippen LogP contribution in [-0.2, 0) is 28.8 Å². The Bertz CT molecular complexity index is 1070. The van der Waals surface area contributed by atoms with E-state index >= 15 is 0 Å². The van der Waals surface area contributed by atoms with Gasteiger partial charge in [0.2, 0.25) is 0 Å². The SMILES string of the molecule is CC(C)C[C]1([Zr]([CH3])([CH3])([CH3])([CH3])([CH3])([CH3])([CH3])[CH]2C=CC=C2)C=Cc2cc3c(cc21)CCC3. The summed E-state index contributed by atoms with van der Waals surface area (Å²) < 4.78 is 19.6. The Morgan fingerprint density at radius 2 is 1.45 bits per heavy atom. The number of fused-ring (bicyclic) bond motifs is 2. The van der Waals surface area contributed by atoms with Crippen LogP contribution in [0.4, 0.5) is 0 Å². The van der Waals surface area contributed by atoms with Crippen LogP contribution >= 0.6 is 0 Å². The topological polar surface area (TPSA) is 0 Å². The van der Waals surface area contributed by atoms with Gasteiger partial charge in [0.15, 0.2) is 0 Å². The van der Waals surface area contributed by atoms with Crippen molar-refractivity contribution in [2.24, 2.45) is 5.92 Å². The zero-order valence-electron chi connectivity index (χ0n) is 20.6. The Morgan fingerprint density at radius 3 is 2.00 bits per heavy atom. The molecule has 29 heavy (non-hydrogen) atoms. The number of hydrogen-bond acceptors (Lipinski definition) is 0. The van der Waals surface area contributed by atoms with E-state index in [-0.39, 0.29) is 3.12 Å². The molecular weight excluding hydrogens is 428 g/mol. The Morgan fingerprint density at radius 1 is 0.897 bits per heavy atom. The van der Waals surface area contributed by atoms with Gasteiger partial charge in [0.25, 0.3) is 0 Å². The minimum absolute atomic E-state index is 0.0130. The Labute approximate surface area is 167 Å². The number of benzene rings is 1. The van der Waals surface area contributed by atoms with Gasteiger partial charge in [0.1, 0.15) is 0 Å². The second kappa shape index (κ2) is 3.72. The van der Waals surface area contributed by atoms with Gasteiger partial charge >= 0.3 is 168 Å². The van der Waals surface area contributed by atoms with Crippen LogP contribution in [0.25, 0.3) is 6.08 Å². The standard InChI is InChI=1S/C16H19.C5H5.7CH3.Zr/c1-11(2)8-14-6-7-15-9-12-4-3-5-13(12)10-16(14)15;1-2-4-5-3-1;;;;;;;;/h6-7,9-11H,3-5,8H2,1-2H3;1-5H;7*1H3;. The number of rotatable bonds is 4. The van der Waals surface area contributed by atoms with Gasteiger partial charge in [-0.05, 0) is 0 Å². The first-order valence-corrected chi connectivity index (χ1v) is 32.0. The summed E-state index contributed by atoms with van der Waals surface area (Å²) in [5, 5.41) is 0. The summed E-state index contributed by atoms with van der Waals surface area (Å²) in [7, 11) is 0. The molecular formula is C28H45Zr. The molecule has 4 rings (SSSR count). The summed E-state index contributed by atoms with van der Waals surface area (Å²) in [5.74, 6) is 0.616. The molecule has 0 heterocycles. The fourth-order valence-corrected chi connectivity index (χ4v) is 30.7. The molecule has 161 valence electrons. The molecule has 0 saturated carbocycles. The average Bonchev–Trinajstić information content (AvgIpc) is 3.23. The van der Waals surface area contributed by atoms with E-state index in [0.717, 1.165) is 0 Å². The number of aryl methyl sites for hydroxylation is 2. The first kappa shape index (κ1) is 21.6. The van der Waals surface area contributed by atoms with Gasteiger partial charge in [-0.3, -0.25) is 0 Å². The van der Waals surface area contributed by atoms with E-state index in [1.165, 1.54) is 31.2 Å². The summed E-state index contributed by atoms with van der Waals surface area (Å²) in [6.07, 6.45) is 19.7. The third-order valence-corrected chi connectivity index (χ3v) is 42.1. The molecule has 3 aliphatic rings. The van der Waals surface area contributed by atoms with Crippen molar-refractivity contribution in [3.63, 3.8) is 0 Å². The van der Waals surface area contributed by atoms with Gasteiger partial charge in [0.05, 0.1) is 0 Å². The van der Waals surface area contributed by atoms with Gasteiger partial charge in [0, 0.05) is 0 Å². The molecule has 3 aliphatic carbocycles. The molecule has 0 spiro atoms. The van der Waals surface area contributed by atoms with Crippen molar-refractivity contribution < 1.29 is 12.8 Å². The van der Waals surface area contributed by atoms with Crippen LogP contribution in [0.2, 0.25) is 36.0 Å². The molecule has 1 aromatic rings. The predicted octanol–water partition coefficient (Wildman–Crippen LogP) is 9.53. The maximum absolute atomic E-state index is 5.50. The molecule has 1 aromatic carbocycles. The van der Waals surface area contributed by atoms with Crippen LogP contribution in [0.5, 0.6) is 0 Å². The van der Waals surface area contributed by atoms with Gasteiger partial charge in [-0.15, -0.1) is 0 Å². The summed E-state index contributed by atoms with van der Waals surface area (Å²) in [5.41, 5.74) is 6.29. The third-order valence-electron chi connectivity index (χ3n) is 10.7. The zero-order valence-corrected chi connectivity index (χ0v) is 23.1. The van der Waals surface area contributed by atoms with Crippen molar-refractivity contribution in [1.82, 2.24) is 0 Å². The molecule has 1 atom stereocenters. The Hall–Kier alpha value is -0.677. The minimum atomic E-state index is -5.50. The van der Waals surface area contributed by atoms with Crippen molar-refractivity contribution >= 4 is 6.08 Å². The van der Waals surface area contributed by atoms with Crippen LogP contribution in [0.3, 0.4) is 0 Å². The molecule has 0 nitrogen and oxygen atoms in total. The van der Waals surface area contributed by atoms with Crippen LogP contribution in [0.1, 0.15) is 48.9 Å². The van der Waals surface area contributed by atoms with E-state index in [9.17, 15) is 0 Å². The Kier molecular flexibility index (Phi) is 2.77. The number of hydrogen-bond donors (Lipinski definition) is 0. The Balaban J connectivity index is 2.23. The molecule has 0 radical (unpaired) electrons. The third kappa shape index (κ3) is 2.41. The quantitative estimate of drug-likeness (QED) is 0.409. The fraction of sp³-hybridized carbons (Fsp3) is 0.571. The molecule has 0 bridgehead atoms. The summed E-state index contributed by atoms with van der Waals surface area (Å²) in [4.78, 5) is 0. The second-order valence-corrected chi connectivity index (χ2v) is 96.4. The van der Waals surface area contributed by atoms with Gasteiger partial charge in [-0.2, -0.15) is 0 Å². The van der Waals surface area contributed by atoms with Crippen molar-refractivity contribution in [3.8, 4) is 0 Å². The monoisotopic (exact) mass is 471 g/mol. The molecule has 0 aliphatic heterocycles. The molecule has 1 heteroatoms. The first-order chi connectivity index (χ1) is 12.6. The molecule has 0 saturated heterocycles. The van der Waals surface area contributed by atoms with Crippen molar-refractivity contribution in [2.45, 2.75) is 78.7 Å². The zero-order chi connectivity index (χ0) is 21.8. The van der Waals surface area contributed by atoms with E-state index in [0.29, 0.717) is 9.54 Å². The maximum atomic E-state index is 2.75. The predicted molar refractivity (Wildman–Crippen MR) is 132 cm³/mol. The average molecular weight is 473 g/mol. The molecule has 0 amide bonds. The van der Waals surface area contributed by atoms with E-state index in [4.69, 9.17) is 0 Å². The molecule has 0 N–H and O–H groups in total. The summed E-state index contributed by atoms with van der Waals surface area (Å²) in [6.45, 7) is 4.83. The normalized spacial score (nSPS) is 30.8. The van der Waals surface area contributed by atoms with E-state index in [1.54, 1.807) is 16.7 Å². The molecule has 1 unspecified atom stereocenters.